The lowest BCUT2D eigenvalue weighted by Gasteiger charge is -2.14. The summed E-state index contributed by atoms with van der Waals surface area (Å²) in [6.07, 6.45) is -0.292. The lowest BCUT2D eigenvalue weighted by molar-refractivity contribution is 0.196. The summed E-state index contributed by atoms with van der Waals surface area (Å²) in [5.74, 6) is 0.841. The summed E-state index contributed by atoms with van der Waals surface area (Å²) in [5, 5.41) is 10.1. The first kappa shape index (κ1) is 12.7. The van der Waals surface area contributed by atoms with E-state index in [1.807, 2.05) is 19.1 Å². The van der Waals surface area contributed by atoms with Crippen LogP contribution in [0.4, 0.5) is 5.69 Å². The highest BCUT2D eigenvalue weighted by Gasteiger charge is 2.09. The average Bonchev–Trinajstić information content (AvgIpc) is 2.19. The zero-order valence-electron chi connectivity index (χ0n) is 8.90. The first-order valence-corrected chi connectivity index (χ1v) is 6.27. The molecule has 0 fully saturated rings. The number of rotatable bonds is 4. The van der Waals surface area contributed by atoms with E-state index < -0.39 is 0 Å². The molecule has 0 aliphatic heterocycles. The van der Waals surface area contributed by atoms with Gasteiger partial charge in [-0.1, -0.05) is 24.6 Å². The Bertz CT molecular complexity index is 330. The second-order valence-corrected chi connectivity index (χ2v) is 5.39. The van der Waals surface area contributed by atoms with E-state index in [1.165, 1.54) is 0 Å². The monoisotopic (exact) mass is 245 g/mol. The lowest BCUT2D eigenvalue weighted by Crippen LogP contribution is -2.15. The van der Waals surface area contributed by atoms with Crippen molar-refractivity contribution in [3.8, 4) is 0 Å². The number of nitrogens with two attached hydrogens (primary N) is 1. The van der Waals surface area contributed by atoms with Gasteiger partial charge < -0.3 is 10.8 Å². The Morgan fingerprint density at radius 3 is 2.67 bits per heavy atom. The van der Waals surface area contributed by atoms with Crippen molar-refractivity contribution in [2.45, 2.75) is 31.0 Å². The number of aliphatic hydroxyl groups excluding tert-OH is 1. The van der Waals surface area contributed by atoms with E-state index in [2.05, 4.69) is 0 Å². The molecule has 0 saturated carbocycles. The summed E-state index contributed by atoms with van der Waals surface area (Å²) < 4.78 is 0. The van der Waals surface area contributed by atoms with Crippen LogP contribution in [0.5, 0.6) is 0 Å². The van der Waals surface area contributed by atoms with Gasteiger partial charge in [-0.05, 0) is 24.6 Å². The Hall–Kier alpha value is -0.380. The fourth-order valence-electron chi connectivity index (χ4n) is 1.05. The molecule has 0 radical (unpaired) electrons. The Morgan fingerprint density at radius 1 is 1.47 bits per heavy atom. The maximum absolute atomic E-state index is 9.33. The molecule has 1 rings (SSSR count). The highest BCUT2D eigenvalue weighted by Crippen LogP contribution is 2.24. The molecule has 0 spiro atoms. The largest absolute Gasteiger partial charge is 0.398 e. The summed E-state index contributed by atoms with van der Waals surface area (Å²) in [7, 11) is 0. The SMILES string of the molecule is CC(O)C(C)SCc1ccc(Cl)c(N)c1. The molecule has 15 heavy (non-hydrogen) atoms. The van der Waals surface area contributed by atoms with Crippen molar-refractivity contribution in [3.63, 3.8) is 0 Å². The van der Waals surface area contributed by atoms with Crippen molar-refractivity contribution in [3.05, 3.63) is 28.8 Å². The number of anilines is 1. The van der Waals surface area contributed by atoms with Gasteiger partial charge in [0.05, 0.1) is 16.8 Å². The third-order valence-electron chi connectivity index (χ3n) is 2.25. The smallest absolute Gasteiger partial charge is 0.0635 e. The summed E-state index contributed by atoms with van der Waals surface area (Å²) in [6.45, 7) is 3.81. The van der Waals surface area contributed by atoms with Gasteiger partial charge in [0.25, 0.3) is 0 Å². The molecule has 0 aromatic heterocycles. The Kier molecular flexibility index (Phi) is 4.77. The minimum absolute atomic E-state index is 0.224. The molecule has 0 amide bonds. The number of nitrogen functional groups attached to an aromatic ring is 1. The highest BCUT2D eigenvalue weighted by atomic mass is 35.5. The summed E-state index contributed by atoms with van der Waals surface area (Å²) in [6, 6.07) is 5.64. The lowest BCUT2D eigenvalue weighted by atomic mass is 10.2. The third-order valence-corrected chi connectivity index (χ3v) is 4.02. The molecule has 4 heteroatoms. The Balaban J connectivity index is 2.55. The predicted octanol–water partition coefficient (Wildman–Crippen LogP) is 2.92. The quantitative estimate of drug-likeness (QED) is 0.802. The predicted molar refractivity (Wildman–Crippen MR) is 68.3 cm³/mol. The van der Waals surface area contributed by atoms with Crippen LogP contribution in [-0.2, 0) is 5.75 Å². The van der Waals surface area contributed by atoms with Gasteiger partial charge in [0.1, 0.15) is 0 Å². The van der Waals surface area contributed by atoms with Gasteiger partial charge in [0.15, 0.2) is 0 Å². The third kappa shape index (κ3) is 3.93. The number of hydrogen-bond acceptors (Lipinski definition) is 3. The van der Waals surface area contributed by atoms with Gasteiger partial charge in [-0.25, -0.2) is 0 Å². The number of aliphatic hydroxyl groups is 1. The van der Waals surface area contributed by atoms with Crippen LogP contribution < -0.4 is 5.73 Å². The van der Waals surface area contributed by atoms with Crippen LogP contribution in [0.2, 0.25) is 5.02 Å². The molecule has 84 valence electrons. The van der Waals surface area contributed by atoms with Crippen LogP contribution in [0.1, 0.15) is 19.4 Å². The minimum Gasteiger partial charge on any atom is -0.398 e. The Morgan fingerprint density at radius 2 is 2.13 bits per heavy atom. The van der Waals surface area contributed by atoms with Crippen molar-refractivity contribution in [1.29, 1.82) is 0 Å². The highest BCUT2D eigenvalue weighted by molar-refractivity contribution is 7.99. The maximum Gasteiger partial charge on any atom is 0.0635 e. The first-order valence-electron chi connectivity index (χ1n) is 4.84. The second-order valence-electron chi connectivity index (χ2n) is 3.61. The van der Waals surface area contributed by atoms with E-state index in [-0.39, 0.29) is 11.4 Å². The van der Waals surface area contributed by atoms with Crippen molar-refractivity contribution in [2.75, 3.05) is 5.73 Å². The van der Waals surface area contributed by atoms with E-state index in [9.17, 15) is 5.11 Å². The number of hydrogen-bond donors (Lipinski definition) is 2. The Labute approximate surface area is 99.8 Å². The molecule has 3 N–H and O–H groups in total. The standard InChI is InChI=1S/C11H16ClNOS/c1-7(14)8(2)15-6-9-3-4-10(12)11(13)5-9/h3-5,7-8,14H,6,13H2,1-2H3. The van der Waals surface area contributed by atoms with E-state index >= 15 is 0 Å². The van der Waals surface area contributed by atoms with E-state index in [0.717, 1.165) is 11.3 Å². The molecular formula is C11H16ClNOS. The maximum atomic E-state index is 9.33. The van der Waals surface area contributed by atoms with Gasteiger partial charge >= 0.3 is 0 Å². The molecule has 0 saturated heterocycles. The van der Waals surface area contributed by atoms with Gasteiger partial charge in [-0.2, -0.15) is 11.8 Å². The van der Waals surface area contributed by atoms with Crippen molar-refractivity contribution in [1.82, 2.24) is 0 Å². The number of thioether (sulfide) groups is 1. The summed E-state index contributed by atoms with van der Waals surface area (Å²) >= 11 is 7.53. The topological polar surface area (TPSA) is 46.2 Å². The van der Waals surface area contributed by atoms with Gasteiger partial charge in [0.2, 0.25) is 0 Å². The second kappa shape index (κ2) is 5.64. The van der Waals surface area contributed by atoms with E-state index in [0.29, 0.717) is 10.7 Å². The van der Waals surface area contributed by atoms with Crippen LogP contribution in [0.3, 0.4) is 0 Å². The molecule has 2 unspecified atom stereocenters. The van der Waals surface area contributed by atoms with Gasteiger partial charge in [-0.3, -0.25) is 0 Å². The fraction of sp³-hybridized carbons (Fsp3) is 0.455. The van der Waals surface area contributed by atoms with Crippen LogP contribution in [0.15, 0.2) is 18.2 Å². The summed E-state index contributed by atoms with van der Waals surface area (Å²) in [5.41, 5.74) is 7.44. The van der Waals surface area contributed by atoms with Gasteiger partial charge in [0, 0.05) is 11.0 Å². The fourth-order valence-corrected chi connectivity index (χ4v) is 2.08. The molecule has 0 bridgehead atoms. The molecular weight excluding hydrogens is 230 g/mol. The van der Waals surface area contributed by atoms with Crippen molar-refractivity contribution >= 4 is 29.1 Å². The summed E-state index contributed by atoms with van der Waals surface area (Å²) in [4.78, 5) is 0. The molecule has 0 aliphatic carbocycles. The zero-order valence-corrected chi connectivity index (χ0v) is 10.5. The molecule has 2 atom stereocenters. The first-order chi connectivity index (χ1) is 7.00. The molecule has 0 aliphatic rings. The molecule has 2 nitrogen and oxygen atoms in total. The van der Waals surface area contributed by atoms with E-state index in [4.69, 9.17) is 17.3 Å². The van der Waals surface area contributed by atoms with Crippen LogP contribution >= 0.6 is 23.4 Å². The normalized spacial score (nSPS) is 14.9. The molecule has 0 heterocycles. The number of benzene rings is 1. The van der Waals surface area contributed by atoms with E-state index in [1.54, 1.807) is 24.8 Å². The van der Waals surface area contributed by atoms with Crippen molar-refractivity contribution < 1.29 is 5.11 Å². The van der Waals surface area contributed by atoms with Crippen LogP contribution in [0, 0.1) is 0 Å². The minimum atomic E-state index is -0.292. The molecule has 1 aromatic rings. The molecule has 1 aromatic carbocycles. The number of halogens is 1. The zero-order chi connectivity index (χ0) is 11.4. The average molecular weight is 246 g/mol. The van der Waals surface area contributed by atoms with Gasteiger partial charge in [-0.15, -0.1) is 0 Å². The van der Waals surface area contributed by atoms with Crippen LogP contribution in [0.25, 0.3) is 0 Å². The van der Waals surface area contributed by atoms with Crippen LogP contribution in [-0.4, -0.2) is 16.5 Å². The van der Waals surface area contributed by atoms with Crippen molar-refractivity contribution in [2.24, 2.45) is 0 Å².